The highest BCUT2D eigenvalue weighted by Gasteiger charge is 2.18. The zero-order chi connectivity index (χ0) is 17.1. The Morgan fingerprint density at radius 1 is 1.00 bits per heavy atom. The van der Waals surface area contributed by atoms with Gasteiger partial charge in [-0.25, -0.2) is 4.79 Å². The maximum atomic E-state index is 12.0. The Balaban J connectivity index is 2.15. The van der Waals surface area contributed by atoms with Crippen LogP contribution in [0.25, 0.3) is 10.8 Å². The number of carbonyl (C=O) groups is 1. The van der Waals surface area contributed by atoms with Crippen LogP contribution in [0.15, 0.2) is 72.8 Å². The average molecular weight is 320 g/mol. The maximum Gasteiger partial charge on any atom is 0.338 e. The van der Waals surface area contributed by atoms with Crippen LogP contribution in [0.1, 0.15) is 6.92 Å². The highest BCUT2D eigenvalue weighted by molar-refractivity contribution is 5.99. The Kier molecular flexibility index (Phi) is 4.20. The topological polar surface area (TPSA) is 55.8 Å². The molecule has 24 heavy (non-hydrogen) atoms. The first-order valence-electron chi connectivity index (χ1n) is 7.41. The fourth-order valence-corrected chi connectivity index (χ4v) is 2.28. The van der Waals surface area contributed by atoms with Crippen molar-refractivity contribution < 1.29 is 19.4 Å². The van der Waals surface area contributed by atoms with Crippen LogP contribution < -0.4 is 9.47 Å². The summed E-state index contributed by atoms with van der Waals surface area (Å²) in [7, 11) is 0. The lowest BCUT2D eigenvalue weighted by Gasteiger charge is -2.15. The zero-order valence-corrected chi connectivity index (χ0v) is 13.2. The molecule has 0 atom stereocenters. The molecule has 0 aromatic heterocycles. The van der Waals surface area contributed by atoms with Crippen molar-refractivity contribution in [3.63, 3.8) is 0 Å². The SMILES string of the molecule is C=C(C)C(=O)Oc1c(Oc2ccccc2)cc(O)c2ccccc12. The van der Waals surface area contributed by atoms with Crippen molar-refractivity contribution in [2.75, 3.05) is 0 Å². The van der Waals surface area contributed by atoms with Gasteiger partial charge in [-0.2, -0.15) is 0 Å². The number of carbonyl (C=O) groups excluding carboxylic acids is 1. The number of para-hydroxylation sites is 1. The first-order valence-corrected chi connectivity index (χ1v) is 7.41. The molecule has 3 rings (SSSR count). The molecule has 0 saturated carbocycles. The highest BCUT2D eigenvalue weighted by atomic mass is 16.6. The lowest BCUT2D eigenvalue weighted by molar-refractivity contribution is -0.130. The molecule has 0 spiro atoms. The van der Waals surface area contributed by atoms with Gasteiger partial charge >= 0.3 is 5.97 Å². The minimum Gasteiger partial charge on any atom is -0.507 e. The number of fused-ring (bicyclic) bond motifs is 1. The Labute approximate surface area is 139 Å². The van der Waals surface area contributed by atoms with E-state index in [4.69, 9.17) is 9.47 Å². The van der Waals surface area contributed by atoms with Gasteiger partial charge < -0.3 is 14.6 Å². The molecule has 0 fully saturated rings. The average Bonchev–Trinajstić information content (AvgIpc) is 2.59. The van der Waals surface area contributed by atoms with Gasteiger partial charge in [-0.1, -0.05) is 49.0 Å². The third-order valence-corrected chi connectivity index (χ3v) is 3.45. The number of esters is 1. The van der Waals surface area contributed by atoms with Crippen molar-refractivity contribution in [3.8, 4) is 23.0 Å². The van der Waals surface area contributed by atoms with Crippen LogP contribution in [-0.2, 0) is 4.79 Å². The Morgan fingerprint density at radius 3 is 2.29 bits per heavy atom. The van der Waals surface area contributed by atoms with E-state index in [1.165, 1.54) is 6.07 Å². The van der Waals surface area contributed by atoms with Gasteiger partial charge in [-0.05, 0) is 19.1 Å². The van der Waals surface area contributed by atoms with E-state index < -0.39 is 5.97 Å². The summed E-state index contributed by atoms with van der Waals surface area (Å²) in [6, 6.07) is 17.6. The molecule has 0 saturated heterocycles. The molecule has 1 N–H and O–H groups in total. The third kappa shape index (κ3) is 3.08. The summed E-state index contributed by atoms with van der Waals surface area (Å²) in [5, 5.41) is 11.4. The monoisotopic (exact) mass is 320 g/mol. The number of rotatable bonds is 4. The van der Waals surface area contributed by atoms with Crippen LogP contribution in [-0.4, -0.2) is 11.1 Å². The molecule has 0 unspecified atom stereocenters. The molecule has 4 nitrogen and oxygen atoms in total. The number of aromatic hydroxyl groups is 1. The van der Waals surface area contributed by atoms with Crippen molar-refractivity contribution in [2.24, 2.45) is 0 Å². The summed E-state index contributed by atoms with van der Waals surface area (Å²) < 4.78 is 11.3. The largest absolute Gasteiger partial charge is 0.507 e. The van der Waals surface area contributed by atoms with E-state index in [1.807, 2.05) is 18.2 Å². The molecule has 0 amide bonds. The van der Waals surface area contributed by atoms with E-state index in [9.17, 15) is 9.90 Å². The maximum absolute atomic E-state index is 12.0. The predicted octanol–water partition coefficient (Wildman–Crippen LogP) is 4.82. The number of ether oxygens (including phenoxy) is 2. The van der Waals surface area contributed by atoms with Crippen molar-refractivity contribution in [1.82, 2.24) is 0 Å². The van der Waals surface area contributed by atoms with Crippen LogP contribution in [0.5, 0.6) is 23.0 Å². The lowest BCUT2D eigenvalue weighted by Crippen LogP contribution is -2.09. The van der Waals surface area contributed by atoms with Crippen LogP contribution >= 0.6 is 0 Å². The van der Waals surface area contributed by atoms with Crippen LogP contribution in [0.4, 0.5) is 0 Å². The van der Waals surface area contributed by atoms with Gasteiger partial charge in [0.2, 0.25) is 0 Å². The van der Waals surface area contributed by atoms with Crippen molar-refractivity contribution in [1.29, 1.82) is 0 Å². The quantitative estimate of drug-likeness (QED) is 0.425. The minimum atomic E-state index is -0.552. The summed E-state index contributed by atoms with van der Waals surface area (Å²) in [6.07, 6.45) is 0. The highest BCUT2D eigenvalue weighted by Crippen LogP contribution is 2.43. The second-order valence-electron chi connectivity index (χ2n) is 5.35. The van der Waals surface area contributed by atoms with E-state index in [0.29, 0.717) is 16.5 Å². The van der Waals surface area contributed by atoms with E-state index >= 15 is 0 Å². The van der Waals surface area contributed by atoms with Gasteiger partial charge in [0.25, 0.3) is 0 Å². The fraction of sp³-hybridized carbons (Fsp3) is 0.0500. The molecular weight excluding hydrogens is 304 g/mol. The summed E-state index contributed by atoms with van der Waals surface area (Å²) in [6.45, 7) is 5.17. The fourth-order valence-electron chi connectivity index (χ4n) is 2.28. The Bertz CT molecular complexity index is 914. The zero-order valence-electron chi connectivity index (χ0n) is 13.2. The van der Waals surface area contributed by atoms with Crippen LogP contribution in [0.2, 0.25) is 0 Å². The van der Waals surface area contributed by atoms with Gasteiger partial charge in [0, 0.05) is 22.4 Å². The first kappa shape index (κ1) is 15.6. The second-order valence-corrected chi connectivity index (χ2v) is 5.35. The molecular formula is C20H16O4. The summed E-state index contributed by atoms with van der Waals surface area (Å²) in [5.74, 6) is 0.572. The van der Waals surface area contributed by atoms with Crippen LogP contribution in [0.3, 0.4) is 0 Å². The Morgan fingerprint density at radius 2 is 1.62 bits per heavy atom. The molecule has 0 heterocycles. The van der Waals surface area contributed by atoms with Crippen molar-refractivity contribution in [3.05, 3.63) is 72.8 Å². The lowest BCUT2D eigenvalue weighted by atomic mass is 10.1. The summed E-state index contributed by atoms with van der Waals surface area (Å²) in [4.78, 5) is 12.0. The smallest absolute Gasteiger partial charge is 0.338 e. The van der Waals surface area contributed by atoms with E-state index in [2.05, 4.69) is 6.58 Å². The van der Waals surface area contributed by atoms with Crippen molar-refractivity contribution in [2.45, 2.75) is 6.92 Å². The Hall–Kier alpha value is -3.27. The first-order chi connectivity index (χ1) is 11.6. The van der Waals surface area contributed by atoms with E-state index in [1.54, 1.807) is 43.3 Å². The molecule has 4 heteroatoms. The predicted molar refractivity (Wildman–Crippen MR) is 92.6 cm³/mol. The standard InChI is InChI=1S/C20H16O4/c1-13(2)20(22)24-19-16-11-7-6-10-15(16)17(21)12-18(19)23-14-8-4-3-5-9-14/h3-12,21H,1H2,2H3. The van der Waals surface area contributed by atoms with Gasteiger partial charge in [0.15, 0.2) is 11.5 Å². The molecule has 0 radical (unpaired) electrons. The van der Waals surface area contributed by atoms with E-state index in [0.717, 1.165) is 0 Å². The molecule has 120 valence electrons. The normalized spacial score (nSPS) is 10.4. The number of hydrogen-bond acceptors (Lipinski definition) is 4. The summed E-state index contributed by atoms with van der Waals surface area (Å²) in [5.41, 5.74) is 0.276. The van der Waals surface area contributed by atoms with Crippen molar-refractivity contribution >= 4 is 16.7 Å². The second kappa shape index (κ2) is 6.46. The summed E-state index contributed by atoms with van der Waals surface area (Å²) >= 11 is 0. The number of phenols is 1. The number of hydrogen-bond donors (Lipinski definition) is 1. The van der Waals surface area contributed by atoms with E-state index in [-0.39, 0.29) is 22.8 Å². The van der Waals surface area contributed by atoms with Gasteiger partial charge in [0.05, 0.1) is 0 Å². The molecule has 0 aliphatic heterocycles. The minimum absolute atomic E-state index is 0.0478. The molecule has 3 aromatic rings. The van der Waals surface area contributed by atoms with Gasteiger partial charge in [-0.15, -0.1) is 0 Å². The number of benzene rings is 3. The number of phenolic OH excluding ortho intramolecular Hbond substituents is 1. The molecule has 0 aliphatic rings. The van der Waals surface area contributed by atoms with Gasteiger partial charge in [-0.3, -0.25) is 0 Å². The van der Waals surface area contributed by atoms with Gasteiger partial charge in [0.1, 0.15) is 11.5 Å². The molecule has 0 aliphatic carbocycles. The van der Waals surface area contributed by atoms with Crippen LogP contribution in [0, 0.1) is 0 Å². The third-order valence-electron chi connectivity index (χ3n) is 3.45. The molecule has 3 aromatic carbocycles. The molecule has 0 bridgehead atoms.